The van der Waals surface area contributed by atoms with Gasteiger partial charge in [0.15, 0.2) is 0 Å². The molecule has 1 aromatic carbocycles. The molecule has 1 aromatic rings. The normalized spacial score (nSPS) is 10.3. The third kappa shape index (κ3) is 2.69. The fourth-order valence-corrected chi connectivity index (χ4v) is 1.57. The zero-order valence-electron chi connectivity index (χ0n) is 8.02. The molecule has 2 nitrogen and oxygen atoms in total. The largest absolute Gasteiger partial charge is 0.496 e. The molecule has 0 fully saturated rings. The minimum atomic E-state index is -0.266. The van der Waals surface area contributed by atoms with Crippen LogP contribution in [0.1, 0.15) is 12.0 Å². The monoisotopic (exact) mass is 261 g/mol. The molecule has 0 unspecified atom stereocenters. The lowest BCUT2D eigenvalue weighted by Crippen LogP contribution is -2.02. The van der Waals surface area contributed by atoms with E-state index < -0.39 is 0 Å². The van der Waals surface area contributed by atoms with Gasteiger partial charge >= 0.3 is 0 Å². The van der Waals surface area contributed by atoms with Crippen LogP contribution in [0.4, 0.5) is 4.39 Å². The Kier molecular flexibility index (Phi) is 4.35. The molecule has 0 aliphatic rings. The number of benzene rings is 1. The van der Waals surface area contributed by atoms with E-state index in [4.69, 9.17) is 10.5 Å². The van der Waals surface area contributed by atoms with Gasteiger partial charge < -0.3 is 10.5 Å². The standard InChI is InChI=1S/C10H13BrFNO/c1-14-10-6-8(11)9(12)5-7(10)3-2-4-13/h5-6H,2-4,13H2,1H3. The van der Waals surface area contributed by atoms with E-state index in [0.29, 0.717) is 16.8 Å². The highest BCUT2D eigenvalue weighted by molar-refractivity contribution is 9.10. The predicted octanol–water partition coefficient (Wildman–Crippen LogP) is 2.49. The van der Waals surface area contributed by atoms with Gasteiger partial charge in [-0.15, -0.1) is 0 Å². The number of halogens is 2. The van der Waals surface area contributed by atoms with Crippen molar-refractivity contribution in [1.29, 1.82) is 0 Å². The Labute approximate surface area is 91.4 Å². The van der Waals surface area contributed by atoms with Crippen LogP contribution in [0.3, 0.4) is 0 Å². The van der Waals surface area contributed by atoms with Crippen molar-refractivity contribution in [2.75, 3.05) is 13.7 Å². The molecule has 4 heteroatoms. The first-order valence-corrected chi connectivity index (χ1v) is 5.20. The molecule has 0 heterocycles. The van der Waals surface area contributed by atoms with Crippen LogP contribution in [-0.4, -0.2) is 13.7 Å². The predicted molar refractivity (Wildman–Crippen MR) is 58.0 cm³/mol. The lowest BCUT2D eigenvalue weighted by atomic mass is 10.1. The van der Waals surface area contributed by atoms with Crippen LogP contribution >= 0.6 is 15.9 Å². The van der Waals surface area contributed by atoms with Gasteiger partial charge in [-0.1, -0.05) is 0 Å². The first-order chi connectivity index (χ1) is 6.69. The summed E-state index contributed by atoms with van der Waals surface area (Å²) in [5.74, 6) is 0.435. The molecule has 2 N–H and O–H groups in total. The number of hydrogen-bond acceptors (Lipinski definition) is 2. The molecule has 0 spiro atoms. The summed E-state index contributed by atoms with van der Waals surface area (Å²) in [6.07, 6.45) is 1.57. The number of ether oxygens (including phenoxy) is 1. The summed E-state index contributed by atoms with van der Waals surface area (Å²) >= 11 is 3.11. The molecule has 14 heavy (non-hydrogen) atoms. The number of rotatable bonds is 4. The molecule has 0 saturated heterocycles. The average molecular weight is 262 g/mol. The van der Waals surface area contributed by atoms with Gasteiger partial charge in [-0.3, -0.25) is 0 Å². The van der Waals surface area contributed by atoms with Crippen molar-refractivity contribution in [3.63, 3.8) is 0 Å². The summed E-state index contributed by atoms with van der Waals surface area (Å²) in [5.41, 5.74) is 6.25. The van der Waals surface area contributed by atoms with Gasteiger partial charge in [-0.05, 0) is 53.0 Å². The van der Waals surface area contributed by atoms with Crippen molar-refractivity contribution in [3.05, 3.63) is 28.0 Å². The minimum Gasteiger partial charge on any atom is -0.496 e. The molecule has 0 atom stereocenters. The SMILES string of the molecule is COc1cc(Br)c(F)cc1CCCN. The van der Waals surface area contributed by atoms with E-state index in [-0.39, 0.29) is 5.82 Å². The third-order valence-electron chi connectivity index (χ3n) is 1.97. The van der Waals surface area contributed by atoms with Crippen LogP contribution < -0.4 is 10.5 Å². The molecule has 0 amide bonds. The zero-order chi connectivity index (χ0) is 10.6. The third-order valence-corrected chi connectivity index (χ3v) is 2.58. The van der Waals surface area contributed by atoms with E-state index in [0.717, 1.165) is 18.4 Å². The zero-order valence-corrected chi connectivity index (χ0v) is 9.60. The quantitative estimate of drug-likeness (QED) is 0.904. The highest BCUT2D eigenvalue weighted by atomic mass is 79.9. The first kappa shape index (κ1) is 11.5. The van der Waals surface area contributed by atoms with Crippen LogP contribution in [0.25, 0.3) is 0 Å². The van der Waals surface area contributed by atoms with Gasteiger partial charge in [0, 0.05) is 0 Å². The van der Waals surface area contributed by atoms with Crippen molar-refractivity contribution in [2.45, 2.75) is 12.8 Å². The Morgan fingerprint density at radius 3 is 2.79 bits per heavy atom. The first-order valence-electron chi connectivity index (χ1n) is 4.41. The second-order valence-electron chi connectivity index (χ2n) is 2.97. The van der Waals surface area contributed by atoms with E-state index in [1.165, 1.54) is 6.07 Å². The van der Waals surface area contributed by atoms with E-state index >= 15 is 0 Å². The lowest BCUT2D eigenvalue weighted by molar-refractivity contribution is 0.407. The van der Waals surface area contributed by atoms with Gasteiger partial charge in [0.25, 0.3) is 0 Å². The second-order valence-corrected chi connectivity index (χ2v) is 3.82. The van der Waals surface area contributed by atoms with E-state index in [9.17, 15) is 4.39 Å². The molecule has 1 rings (SSSR count). The van der Waals surface area contributed by atoms with Crippen LogP contribution in [-0.2, 0) is 6.42 Å². The van der Waals surface area contributed by atoms with Crippen LogP contribution in [0, 0.1) is 5.82 Å². The highest BCUT2D eigenvalue weighted by Gasteiger charge is 2.08. The summed E-state index contributed by atoms with van der Waals surface area (Å²) in [4.78, 5) is 0. The highest BCUT2D eigenvalue weighted by Crippen LogP contribution is 2.27. The molecule has 0 aliphatic heterocycles. The van der Waals surface area contributed by atoms with Crippen molar-refractivity contribution < 1.29 is 9.13 Å². The maximum absolute atomic E-state index is 13.2. The summed E-state index contributed by atoms with van der Waals surface area (Å²) < 4.78 is 18.8. The lowest BCUT2D eigenvalue weighted by Gasteiger charge is -2.09. The molecule has 78 valence electrons. The number of methoxy groups -OCH3 is 1. The number of nitrogens with two attached hydrogens (primary N) is 1. The molecule has 0 bridgehead atoms. The van der Waals surface area contributed by atoms with Crippen molar-refractivity contribution in [2.24, 2.45) is 5.73 Å². The minimum absolute atomic E-state index is 0.266. The van der Waals surface area contributed by atoms with Crippen molar-refractivity contribution in [1.82, 2.24) is 0 Å². The maximum Gasteiger partial charge on any atom is 0.137 e. The fourth-order valence-electron chi connectivity index (χ4n) is 1.25. The smallest absolute Gasteiger partial charge is 0.137 e. The van der Waals surface area contributed by atoms with Crippen molar-refractivity contribution >= 4 is 15.9 Å². The number of hydrogen-bond donors (Lipinski definition) is 1. The van der Waals surface area contributed by atoms with Gasteiger partial charge in [0.1, 0.15) is 11.6 Å². The van der Waals surface area contributed by atoms with Crippen LogP contribution in [0.2, 0.25) is 0 Å². The molecule has 0 radical (unpaired) electrons. The molecule has 0 aromatic heterocycles. The maximum atomic E-state index is 13.2. The topological polar surface area (TPSA) is 35.2 Å². The molecule has 0 saturated carbocycles. The van der Waals surface area contributed by atoms with Crippen molar-refractivity contribution in [3.8, 4) is 5.75 Å². The van der Waals surface area contributed by atoms with Crippen LogP contribution in [0.5, 0.6) is 5.75 Å². The Hall–Kier alpha value is -0.610. The Balaban J connectivity index is 2.95. The van der Waals surface area contributed by atoms with Gasteiger partial charge in [-0.25, -0.2) is 4.39 Å². The van der Waals surface area contributed by atoms with E-state index in [1.807, 2.05) is 0 Å². The molecule has 0 aliphatic carbocycles. The molecular formula is C10H13BrFNO. The fraction of sp³-hybridized carbons (Fsp3) is 0.400. The van der Waals surface area contributed by atoms with Gasteiger partial charge in [0.2, 0.25) is 0 Å². The summed E-state index contributed by atoms with van der Waals surface area (Å²) in [6.45, 7) is 0.598. The summed E-state index contributed by atoms with van der Waals surface area (Å²) in [6, 6.07) is 3.12. The van der Waals surface area contributed by atoms with E-state index in [2.05, 4.69) is 15.9 Å². The Bertz CT molecular complexity index is 317. The van der Waals surface area contributed by atoms with Gasteiger partial charge in [0.05, 0.1) is 11.6 Å². The second kappa shape index (κ2) is 5.32. The Morgan fingerprint density at radius 2 is 2.21 bits per heavy atom. The van der Waals surface area contributed by atoms with Gasteiger partial charge in [-0.2, -0.15) is 0 Å². The Morgan fingerprint density at radius 1 is 1.50 bits per heavy atom. The summed E-state index contributed by atoms with van der Waals surface area (Å²) in [7, 11) is 1.58. The summed E-state index contributed by atoms with van der Waals surface area (Å²) in [5, 5.41) is 0. The van der Waals surface area contributed by atoms with Crippen LogP contribution in [0.15, 0.2) is 16.6 Å². The number of aryl methyl sites for hydroxylation is 1. The average Bonchev–Trinajstić information content (AvgIpc) is 2.19. The molecular weight excluding hydrogens is 249 g/mol. The van der Waals surface area contributed by atoms with E-state index in [1.54, 1.807) is 13.2 Å².